The Morgan fingerprint density at radius 1 is 1.38 bits per heavy atom. The lowest BCUT2D eigenvalue weighted by Crippen LogP contribution is -2.47. The van der Waals surface area contributed by atoms with Crippen LogP contribution in [0, 0.1) is 5.92 Å². The van der Waals surface area contributed by atoms with Gasteiger partial charge in [0.25, 0.3) is 0 Å². The van der Waals surface area contributed by atoms with Crippen molar-refractivity contribution in [1.29, 1.82) is 0 Å². The number of hydrogen-bond acceptors (Lipinski definition) is 3. The van der Waals surface area contributed by atoms with Gasteiger partial charge >= 0.3 is 0 Å². The van der Waals surface area contributed by atoms with Gasteiger partial charge in [-0.25, -0.2) is 0 Å². The van der Waals surface area contributed by atoms with Crippen molar-refractivity contribution in [2.45, 2.75) is 40.2 Å². The van der Waals surface area contributed by atoms with Crippen molar-refractivity contribution in [2.75, 3.05) is 26.2 Å². The van der Waals surface area contributed by atoms with Crippen LogP contribution in [0.2, 0.25) is 0 Å². The first-order valence-electron chi connectivity index (χ1n) is 6.24. The maximum absolute atomic E-state index is 11.7. The van der Waals surface area contributed by atoms with E-state index in [9.17, 15) is 4.79 Å². The number of rotatable bonds is 8. The lowest BCUT2D eigenvalue weighted by Gasteiger charge is -2.29. The summed E-state index contributed by atoms with van der Waals surface area (Å²) in [7, 11) is 0. The minimum absolute atomic E-state index is 0.0612. The second-order valence-corrected chi connectivity index (χ2v) is 4.60. The maximum Gasteiger partial charge on any atom is 0.237 e. The van der Waals surface area contributed by atoms with Gasteiger partial charge in [0.15, 0.2) is 0 Å². The summed E-state index contributed by atoms with van der Waals surface area (Å²) >= 11 is 0. The predicted molar refractivity (Wildman–Crippen MR) is 68.2 cm³/mol. The normalized spacial score (nSPS) is 13.2. The lowest BCUT2D eigenvalue weighted by atomic mass is 10.1. The number of carbonyl (C=O) groups excluding carboxylic acids is 1. The summed E-state index contributed by atoms with van der Waals surface area (Å²) < 4.78 is 0. The largest absolute Gasteiger partial charge is 0.355 e. The van der Waals surface area contributed by atoms with Gasteiger partial charge in [-0.2, -0.15) is 0 Å². The van der Waals surface area contributed by atoms with Crippen LogP contribution in [-0.2, 0) is 4.79 Å². The van der Waals surface area contributed by atoms with E-state index in [4.69, 9.17) is 5.73 Å². The molecule has 0 radical (unpaired) electrons. The zero-order valence-corrected chi connectivity index (χ0v) is 11.1. The molecule has 0 aromatic carbocycles. The van der Waals surface area contributed by atoms with E-state index in [2.05, 4.69) is 24.1 Å². The van der Waals surface area contributed by atoms with Crippen LogP contribution in [-0.4, -0.2) is 43.0 Å². The minimum atomic E-state index is -0.0612. The summed E-state index contributed by atoms with van der Waals surface area (Å²) in [4.78, 5) is 14.0. The van der Waals surface area contributed by atoms with Gasteiger partial charge in [-0.05, 0) is 32.7 Å². The molecule has 3 N–H and O–H groups in total. The van der Waals surface area contributed by atoms with Crippen molar-refractivity contribution in [3.8, 4) is 0 Å². The summed E-state index contributed by atoms with van der Waals surface area (Å²) in [5.74, 6) is 0.676. The molecule has 4 nitrogen and oxygen atoms in total. The van der Waals surface area contributed by atoms with Gasteiger partial charge in [0.1, 0.15) is 0 Å². The summed E-state index contributed by atoms with van der Waals surface area (Å²) in [6, 6.07) is -0.0612. The SMILES string of the molecule is CCNC(=O)C(C)N(CCCN)CC(C)C. The Bertz CT molecular complexity index is 195. The highest BCUT2D eigenvalue weighted by molar-refractivity contribution is 5.81. The molecule has 0 rings (SSSR count). The molecule has 0 aliphatic carbocycles. The lowest BCUT2D eigenvalue weighted by molar-refractivity contribution is -0.126. The molecule has 0 aromatic rings. The number of carbonyl (C=O) groups is 1. The van der Waals surface area contributed by atoms with Crippen LogP contribution in [0.25, 0.3) is 0 Å². The Morgan fingerprint density at radius 2 is 2.00 bits per heavy atom. The molecule has 0 aliphatic heterocycles. The fourth-order valence-corrected chi connectivity index (χ4v) is 1.69. The predicted octanol–water partition coefficient (Wildman–Crippen LogP) is 0.818. The van der Waals surface area contributed by atoms with E-state index in [1.807, 2.05) is 13.8 Å². The fraction of sp³-hybridized carbons (Fsp3) is 0.917. The summed E-state index contributed by atoms with van der Waals surface area (Å²) in [5, 5.41) is 2.86. The first kappa shape index (κ1) is 15.4. The number of nitrogens with zero attached hydrogens (tertiary/aromatic N) is 1. The molecule has 16 heavy (non-hydrogen) atoms. The van der Waals surface area contributed by atoms with Crippen molar-refractivity contribution in [3.63, 3.8) is 0 Å². The molecule has 0 saturated heterocycles. The molecule has 0 aromatic heterocycles. The van der Waals surface area contributed by atoms with Crippen molar-refractivity contribution in [2.24, 2.45) is 11.7 Å². The van der Waals surface area contributed by atoms with E-state index in [1.54, 1.807) is 0 Å². The Hall–Kier alpha value is -0.610. The quantitative estimate of drug-likeness (QED) is 0.648. The van der Waals surface area contributed by atoms with Gasteiger partial charge in [0, 0.05) is 19.6 Å². The smallest absolute Gasteiger partial charge is 0.237 e. The fourth-order valence-electron chi connectivity index (χ4n) is 1.69. The molecule has 4 heteroatoms. The highest BCUT2D eigenvalue weighted by Gasteiger charge is 2.20. The molecule has 0 fully saturated rings. The van der Waals surface area contributed by atoms with Gasteiger partial charge in [0.05, 0.1) is 6.04 Å². The molecule has 0 aliphatic rings. The third kappa shape index (κ3) is 6.08. The molecule has 0 spiro atoms. The van der Waals surface area contributed by atoms with E-state index < -0.39 is 0 Å². The third-order valence-corrected chi connectivity index (χ3v) is 2.53. The van der Waals surface area contributed by atoms with Crippen LogP contribution in [0.3, 0.4) is 0 Å². The molecule has 96 valence electrons. The second kappa shape index (κ2) is 8.53. The van der Waals surface area contributed by atoms with Crippen LogP contribution in [0.15, 0.2) is 0 Å². The number of nitrogens with two attached hydrogens (primary N) is 1. The molecule has 1 amide bonds. The zero-order chi connectivity index (χ0) is 12.6. The summed E-state index contributed by atoms with van der Waals surface area (Å²) in [5.41, 5.74) is 5.52. The average Bonchev–Trinajstić information content (AvgIpc) is 2.23. The number of likely N-dealkylation sites (N-methyl/N-ethyl adjacent to an activating group) is 1. The first-order chi connectivity index (χ1) is 7.52. The second-order valence-electron chi connectivity index (χ2n) is 4.60. The Morgan fingerprint density at radius 3 is 2.44 bits per heavy atom. The van der Waals surface area contributed by atoms with Crippen molar-refractivity contribution >= 4 is 5.91 Å². The summed E-state index contributed by atoms with van der Waals surface area (Å²) in [6.07, 6.45) is 0.941. The van der Waals surface area contributed by atoms with E-state index in [0.717, 1.165) is 19.5 Å². The highest BCUT2D eigenvalue weighted by atomic mass is 16.2. The van der Waals surface area contributed by atoms with Crippen molar-refractivity contribution in [1.82, 2.24) is 10.2 Å². The highest BCUT2D eigenvalue weighted by Crippen LogP contribution is 2.05. The average molecular weight is 229 g/mol. The Labute approximate surface area is 99.6 Å². The van der Waals surface area contributed by atoms with Crippen LogP contribution >= 0.6 is 0 Å². The monoisotopic (exact) mass is 229 g/mol. The van der Waals surface area contributed by atoms with Gasteiger partial charge in [-0.1, -0.05) is 13.8 Å². The van der Waals surface area contributed by atoms with E-state index in [-0.39, 0.29) is 11.9 Å². The molecule has 0 heterocycles. The van der Waals surface area contributed by atoms with Crippen LogP contribution in [0.5, 0.6) is 0 Å². The number of hydrogen-bond donors (Lipinski definition) is 2. The topological polar surface area (TPSA) is 58.4 Å². The first-order valence-corrected chi connectivity index (χ1v) is 6.24. The molecule has 0 bridgehead atoms. The number of nitrogens with one attached hydrogen (secondary N) is 1. The zero-order valence-electron chi connectivity index (χ0n) is 11.1. The van der Waals surface area contributed by atoms with Crippen LogP contribution in [0.4, 0.5) is 0 Å². The Balaban J connectivity index is 4.29. The van der Waals surface area contributed by atoms with Crippen LogP contribution < -0.4 is 11.1 Å². The molecular formula is C12H27N3O. The van der Waals surface area contributed by atoms with Crippen molar-refractivity contribution in [3.05, 3.63) is 0 Å². The Kier molecular flexibility index (Phi) is 8.21. The number of amides is 1. The van der Waals surface area contributed by atoms with Gasteiger partial charge < -0.3 is 11.1 Å². The van der Waals surface area contributed by atoms with Crippen LogP contribution in [0.1, 0.15) is 34.1 Å². The van der Waals surface area contributed by atoms with E-state index in [1.165, 1.54) is 0 Å². The minimum Gasteiger partial charge on any atom is -0.355 e. The van der Waals surface area contributed by atoms with Crippen molar-refractivity contribution < 1.29 is 4.79 Å². The maximum atomic E-state index is 11.7. The van der Waals surface area contributed by atoms with Gasteiger partial charge in [-0.15, -0.1) is 0 Å². The molecular weight excluding hydrogens is 202 g/mol. The van der Waals surface area contributed by atoms with Gasteiger partial charge in [-0.3, -0.25) is 9.69 Å². The van der Waals surface area contributed by atoms with E-state index in [0.29, 0.717) is 19.0 Å². The molecule has 1 unspecified atom stereocenters. The molecule has 1 atom stereocenters. The third-order valence-electron chi connectivity index (χ3n) is 2.53. The standard InChI is InChI=1S/C12H27N3O/c1-5-14-12(16)11(4)15(8-6-7-13)9-10(2)3/h10-11H,5-9,13H2,1-4H3,(H,14,16). The summed E-state index contributed by atoms with van der Waals surface area (Å²) in [6.45, 7) is 11.4. The van der Waals surface area contributed by atoms with E-state index >= 15 is 0 Å². The van der Waals surface area contributed by atoms with Gasteiger partial charge in [0.2, 0.25) is 5.91 Å². The molecule has 0 saturated carbocycles.